The maximum Gasteiger partial charge on any atom is 0.277 e. The number of halogens is 1. The van der Waals surface area contributed by atoms with Gasteiger partial charge >= 0.3 is 0 Å². The van der Waals surface area contributed by atoms with E-state index < -0.39 is 5.91 Å². The molecule has 0 saturated carbocycles. The van der Waals surface area contributed by atoms with E-state index in [9.17, 15) is 4.79 Å². The maximum atomic E-state index is 11.8. The van der Waals surface area contributed by atoms with Crippen molar-refractivity contribution in [2.45, 2.75) is 6.92 Å². The largest absolute Gasteiger partial charge is 0.484 e. The Labute approximate surface area is 161 Å². The molecule has 0 atom stereocenters. The summed E-state index contributed by atoms with van der Waals surface area (Å²) in [5.41, 5.74) is 5.36. The Hall–Kier alpha value is -3.43. The van der Waals surface area contributed by atoms with Gasteiger partial charge in [0.05, 0.1) is 23.4 Å². The molecule has 1 N–H and O–H groups in total. The van der Waals surface area contributed by atoms with Crippen LogP contribution in [0.5, 0.6) is 5.75 Å². The number of amides is 1. The quantitative estimate of drug-likeness (QED) is 0.417. The first kappa shape index (κ1) is 18.4. The van der Waals surface area contributed by atoms with Crippen LogP contribution in [0.2, 0.25) is 5.15 Å². The van der Waals surface area contributed by atoms with E-state index in [1.165, 1.54) is 6.21 Å². The van der Waals surface area contributed by atoms with Crippen LogP contribution >= 0.6 is 11.6 Å². The lowest BCUT2D eigenvalue weighted by Crippen LogP contribution is -2.24. The van der Waals surface area contributed by atoms with Crippen LogP contribution in [0, 0.1) is 18.3 Å². The summed E-state index contributed by atoms with van der Waals surface area (Å²) in [5.74, 6) is 0.0709. The highest BCUT2D eigenvalue weighted by Crippen LogP contribution is 2.21. The third-order valence-electron chi connectivity index (χ3n) is 3.77. The fourth-order valence-corrected chi connectivity index (χ4v) is 2.60. The van der Waals surface area contributed by atoms with Gasteiger partial charge in [-0.3, -0.25) is 4.79 Å². The van der Waals surface area contributed by atoms with Gasteiger partial charge in [0.1, 0.15) is 10.9 Å². The molecule has 1 heterocycles. The number of rotatable bonds is 5. The van der Waals surface area contributed by atoms with Gasteiger partial charge in [-0.05, 0) is 42.8 Å². The summed E-state index contributed by atoms with van der Waals surface area (Å²) in [4.78, 5) is 16.2. The lowest BCUT2D eigenvalue weighted by Gasteiger charge is -2.05. The fraction of sp³-hybridized carbons (Fsp3) is 0.100. The number of carbonyl (C=O) groups is 1. The van der Waals surface area contributed by atoms with Crippen molar-refractivity contribution < 1.29 is 9.53 Å². The number of carbonyl (C=O) groups excluding carboxylic acids is 1. The molecule has 7 heteroatoms. The summed E-state index contributed by atoms with van der Waals surface area (Å²) in [6.45, 7) is 1.76. The standard InChI is InChI=1S/C20H15ClN4O2/c1-13-3-2-4-15-9-16(20(21)24-19(13)15)11-23-25-18(26)12-27-17-7-5-14(10-22)6-8-17/h2-9,11H,12H2,1H3,(H,25,26)/b23-11-. The molecule has 1 amide bonds. The molecule has 0 aliphatic carbocycles. The first-order valence-corrected chi connectivity index (χ1v) is 8.45. The zero-order valence-electron chi connectivity index (χ0n) is 14.4. The number of fused-ring (bicyclic) bond motifs is 1. The average Bonchev–Trinajstić information content (AvgIpc) is 2.68. The molecule has 2 aromatic carbocycles. The van der Waals surface area contributed by atoms with E-state index >= 15 is 0 Å². The molecular weight excluding hydrogens is 364 g/mol. The Balaban J connectivity index is 1.59. The summed E-state index contributed by atoms with van der Waals surface area (Å²) in [5, 5.41) is 13.9. The number of nitriles is 1. The summed E-state index contributed by atoms with van der Waals surface area (Å²) < 4.78 is 5.33. The SMILES string of the molecule is Cc1cccc2cc(/C=N\NC(=O)COc3ccc(C#N)cc3)c(Cl)nc12. The zero-order chi connectivity index (χ0) is 19.2. The van der Waals surface area contributed by atoms with Crippen LogP contribution < -0.4 is 10.2 Å². The lowest BCUT2D eigenvalue weighted by molar-refractivity contribution is -0.123. The second kappa shape index (κ2) is 8.30. The van der Waals surface area contributed by atoms with Crippen molar-refractivity contribution in [1.29, 1.82) is 5.26 Å². The topological polar surface area (TPSA) is 87.4 Å². The van der Waals surface area contributed by atoms with Gasteiger partial charge in [-0.1, -0.05) is 29.8 Å². The van der Waals surface area contributed by atoms with Gasteiger partial charge in [-0.25, -0.2) is 10.4 Å². The molecule has 0 fully saturated rings. The van der Waals surface area contributed by atoms with E-state index in [1.54, 1.807) is 24.3 Å². The molecule has 6 nitrogen and oxygen atoms in total. The number of ether oxygens (including phenoxy) is 1. The summed E-state index contributed by atoms with van der Waals surface area (Å²) in [7, 11) is 0. The number of hydrogen-bond donors (Lipinski definition) is 1. The number of benzene rings is 2. The van der Waals surface area contributed by atoms with Crippen LogP contribution in [0.15, 0.2) is 53.6 Å². The van der Waals surface area contributed by atoms with Crippen LogP contribution in [0.25, 0.3) is 10.9 Å². The highest BCUT2D eigenvalue weighted by atomic mass is 35.5. The minimum Gasteiger partial charge on any atom is -0.484 e. The normalized spacial score (nSPS) is 10.7. The molecule has 0 radical (unpaired) electrons. The summed E-state index contributed by atoms with van der Waals surface area (Å²) in [6.07, 6.45) is 1.44. The van der Waals surface area contributed by atoms with Gasteiger partial charge in [0.15, 0.2) is 6.61 Å². The number of nitrogens with one attached hydrogen (secondary N) is 1. The van der Waals surface area contributed by atoms with Crippen molar-refractivity contribution in [3.63, 3.8) is 0 Å². The monoisotopic (exact) mass is 378 g/mol. The van der Waals surface area contributed by atoms with Crippen molar-refractivity contribution in [1.82, 2.24) is 10.4 Å². The van der Waals surface area contributed by atoms with E-state index in [2.05, 4.69) is 15.5 Å². The molecule has 3 rings (SSSR count). The van der Waals surface area contributed by atoms with Crippen molar-refractivity contribution in [3.05, 3.63) is 70.4 Å². The fourth-order valence-electron chi connectivity index (χ4n) is 2.41. The van der Waals surface area contributed by atoms with Crippen molar-refractivity contribution in [3.8, 4) is 11.8 Å². The second-order valence-electron chi connectivity index (χ2n) is 5.73. The minimum atomic E-state index is -0.420. The van der Waals surface area contributed by atoms with Gasteiger partial charge in [-0.2, -0.15) is 10.4 Å². The van der Waals surface area contributed by atoms with Gasteiger partial charge < -0.3 is 4.74 Å². The first-order chi connectivity index (χ1) is 13.1. The van der Waals surface area contributed by atoms with Crippen molar-refractivity contribution >= 4 is 34.6 Å². The summed E-state index contributed by atoms with van der Waals surface area (Å²) >= 11 is 6.19. The van der Waals surface area contributed by atoms with Crippen LogP contribution in [0.3, 0.4) is 0 Å². The third kappa shape index (κ3) is 4.60. The Kier molecular flexibility index (Phi) is 5.64. The molecule has 0 bridgehead atoms. The lowest BCUT2D eigenvalue weighted by atomic mass is 10.1. The predicted molar refractivity (Wildman–Crippen MR) is 104 cm³/mol. The van der Waals surface area contributed by atoms with Gasteiger partial charge in [0.2, 0.25) is 0 Å². The van der Waals surface area contributed by atoms with Crippen LogP contribution in [0.4, 0.5) is 0 Å². The number of pyridine rings is 1. The molecular formula is C20H15ClN4O2. The molecule has 3 aromatic rings. The number of aromatic nitrogens is 1. The molecule has 0 aliphatic heterocycles. The van der Waals surface area contributed by atoms with Crippen LogP contribution in [0.1, 0.15) is 16.7 Å². The molecule has 0 saturated heterocycles. The van der Waals surface area contributed by atoms with E-state index in [1.807, 2.05) is 37.3 Å². The van der Waals surface area contributed by atoms with Gasteiger partial charge in [-0.15, -0.1) is 0 Å². The van der Waals surface area contributed by atoms with Crippen molar-refractivity contribution in [2.75, 3.05) is 6.61 Å². The number of hydrazone groups is 1. The van der Waals surface area contributed by atoms with E-state index in [0.29, 0.717) is 22.0 Å². The van der Waals surface area contributed by atoms with Gasteiger partial charge in [0.25, 0.3) is 5.91 Å². The van der Waals surface area contributed by atoms with Crippen molar-refractivity contribution in [2.24, 2.45) is 5.10 Å². The molecule has 0 unspecified atom stereocenters. The Bertz CT molecular complexity index is 1060. The molecule has 0 aliphatic rings. The van der Waals surface area contributed by atoms with E-state index in [4.69, 9.17) is 21.6 Å². The second-order valence-corrected chi connectivity index (χ2v) is 6.09. The van der Waals surface area contributed by atoms with E-state index in [0.717, 1.165) is 16.5 Å². The summed E-state index contributed by atoms with van der Waals surface area (Å²) in [6, 6.07) is 16.2. The molecule has 27 heavy (non-hydrogen) atoms. The highest BCUT2D eigenvalue weighted by Gasteiger charge is 2.06. The Morgan fingerprint density at radius 2 is 2.11 bits per heavy atom. The number of nitrogens with zero attached hydrogens (tertiary/aromatic N) is 3. The highest BCUT2D eigenvalue weighted by molar-refractivity contribution is 6.32. The molecule has 134 valence electrons. The van der Waals surface area contributed by atoms with Crippen LogP contribution in [-0.4, -0.2) is 23.7 Å². The number of para-hydroxylation sites is 1. The minimum absolute atomic E-state index is 0.202. The number of aryl methyl sites for hydroxylation is 1. The number of hydrogen-bond acceptors (Lipinski definition) is 5. The van der Waals surface area contributed by atoms with Crippen LogP contribution in [-0.2, 0) is 4.79 Å². The zero-order valence-corrected chi connectivity index (χ0v) is 15.2. The predicted octanol–water partition coefficient (Wildman–Crippen LogP) is 3.60. The molecule has 0 spiro atoms. The molecule has 1 aromatic heterocycles. The van der Waals surface area contributed by atoms with E-state index in [-0.39, 0.29) is 6.61 Å². The average molecular weight is 379 g/mol. The smallest absolute Gasteiger partial charge is 0.277 e. The third-order valence-corrected chi connectivity index (χ3v) is 4.08. The Morgan fingerprint density at radius 3 is 2.85 bits per heavy atom. The van der Waals surface area contributed by atoms with Gasteiger partial charge in [0, 0.05) is 10.9 Å². The Morgan fingerprint density at radius 1 is 1.33 bits per heavy atom. The first-order valence-electron chi connectivity index (χ1n) is 8.07. The maximum absolute atomic E-state index is 11.8.